The number of H-pyrrole nitrogens is 1. The zero-order valence-electron chi connectivity index (χ0n) is 20.3. The molecule has 194 valence electrons. The number of fused-ring (bicyclic) bond motifs is 3. The number of aromatic nitrogens is 6. The normalized spacial score (nSPS) is 23.2. The zero-order valence-corrected chi connectivity index (χ0v) is 20.3. The minimum atomic E-state index is -4.42. The number of rotatable bonds is 4. The van der Waals surface area contributed by atoms with Crippen molar-refractivity contribution in [1.82, 2.24) is 30.3 Å². The largest absolute Gasteiger partial charge is 0.416 e. The number of aromatic amines is 1. The molecule has 9 nitrogen and oxygen atoms in total. The molecule has 5 aromatic rings. The summed E-state index contributed by atoms with van der Waals surface area (Å²) in [6.45, 7) is 4.03. The first kappa shape index (κ1) is 23.1. The fourth-order valence-corrected chi connectivity index (χ4v) is 6.13. The van der Waals surface area contributed by atoms with Crippen LogP contribution in [-0.2, 0) is 11.6 Å². The summed E-state index contributed by atoms with van der Waals surface area (Å²) in [5, 5.41) is 12.2. The van der Waals surface area contributed by atoms with Crippen molar-refractivity contribution < 1.29 is 17.7 Å². The monoisotopic (exact) mass is 520 g/mol. The Bertz CT molecular complexity index is 1700. The first-order valence-electron chi connectivity index (χ1n) is 12.4. The highest BCUT2D eigenvalue weighted by Gasteiger charge is 2.67. The third-order valence-corrected chi connectivity index (χ3v) is 8.14. The number of halogens is 3. The maximum Gasteiger partial charge on any atom is 0.416 e. The van der Waals surface area contributed by atoms with E-state index in [1.165, 1.54) is 12.3 Å². The molecular formula is C26H23F3N8O. The van der Waals surface area contributed by atoms with Crippen molar-refractivity contribution in [3.05, 3.63) is 59.7 Å². The lowest BCUT2D eigenvalue weighted by molar-refractivity contribution is -0.137. The van der Waals surface area contributed by atoms with Crippen LogP contribution in [0.2, 0.25) is 0 Å². The lowest BCUT2D eigenvalue weighted by Crippen LogP contribution is -2.32. The molecule has 2 aliphatic rings. The summed E-state index contributed by atoms with van der Waals surface area (Å²) in [6.07, 6.45) is -0.210. The summed E-state index contributed by atoms with van der Waals surface area (Å²) in [5.74, 6) is 2.36. The minimum absolute atomic E-state index is 0.158. The molecule has 7 rings (SSSR count). The highest BCUT2D eigenvalue weighted by atomic mass is 19.4. The quantitative estimate of drug-likeness (QED) is 0.361. The van der Waals surface area contributed by atoms with Gasteiger partial charge in [-0.05, 0) is 43.4 Å². The average Bonchev–Trinajstić information content (AvgIpc) is 3.16. The van der Waals surface area contributed by atoms with Gasteiger partial charge >= 0.3 is 6.18 Å². The summed E-state index contributed by atoms with van der Waals surface area (Å²) in [4.78, 5) is 15.9. The Morgan fingerprint density at radius 2 is 2.03 bits per heavy atom. The van der Waals surface area contributed by atoms with Crippen LogP contribution in [0.5, 0.6) is 0 Å². The van der Waals surface area contributed by atoms with E-state index in [1.54, 1.807) is 12.3 Å². The predicted molar refractivity (Wildman–Crippen MR) is 133 cm³/mol. The lowest BCUT2D eigenvalue weighted by atomic mass is 9.97. The second-order valence-corrected chi connectivity index (χ2v) is 10.1. The number of hydrogen-bond donors (Lipinski definition) is 2. The Morgan fingerprint density at radius 3 is 2.79 bits per heavy atom. The van der Waals surface area contributed by atoms with Crippen LogP contribution in [0.4, 0.5) is 19.0 Å². The fourth-order valence-electron chi connectivity index (χ4n) is 6.13. The SMILES string of the molecule is Cc1cc([C@@]2(CN)[C@@H]3CCN(c4cnc5c(-c6cnc7cc(C(F)(F)F)ccc7c6)n[nH]c5n4)C[C@@H]32)no1. The van der Waals surface area contributed by atoms with Crippen LogP contribution in [0.15, 0.2) is 47.2 Å². The molecule has 4 aromatic heterocycles. The first-order chi connectivity index (χ1) is 18.3. The third kappa shape index (κ3) is 3.39. The number of pyridine rings is 1. The van der Waals surface area contributed by atoms with Gasteiger partial charge in [-0.3, -0.25) is 10.1 Å². The van der Waals surface area contributed by atoms with Crippen LogP contribution in [0, 0.1) is 18.8 Å². The molecule has 38 heavy (non-hydrogen) atoms. The van der Waals surface area contributed by atoms with E-state index in [4.69, 9.17) is 15.2 Å². The van der Waals surface area contributed by atoms with Crippen LogP contribution in [0.1, 0.15) is 23.4 Å². The van der Waals surface area contributed by atoms with E-state index in [1.807, 2.05) is 13.0 Å². The molecule has 3 N–H and O–H groups in total. The number of alkyl halides is 3. The Balaban J connectivity index is 1.16. The molecule has 12 heteroatoms. The van der Waals surface area contributed by atoms with Crippen molar-refractivity contribution in [2.45, 2.75) is 24.9 Å². The Kier molecular flexibility index (Phi) is 4.84. The van der Waals surface area contributed by atoms with Gasteiger partial charge in [0.25, 0.3) is 0 Å². The van der Waals surface area contributed by atoms with Gasteiger partial charge in [-0.2, -0.15) is 18.3 Å². The Morgan fingerprint density at radius 1 is 1.16 bits per heavy atom. The molecular weight excluding hydrogens is 497 g/mol. The van der Waals surface area contributed by atoms with E-state index in [0.717, 1.165) is 48.9 Å². The van der Waals surface area contributed by atoms with Gasteiger partial charge in [0, 0.05) is 48.3 Å². The van der Waals surface area contributed by atoms with Crippen LogP contribution < -0.4 is 10.6 Å². The van der Waals surface area contributed by atoms with E-state index < -0.39 is 11.7 Å². The van der Waals surface area contributed by atoms with Gasteiger partial charge in [0.2, 0.25) is 0 Å². The second-order valence-electron chi connectivity index (χ2n) is 10.1. The highest BCUT2D eigenvalue weighted by molar-refractivity contribution is 5.91. The predicted octanol–water partition coefficient (Wildman–Crippen LogP) is 4.24. The summed E-state index contributed by atoms with van der Waals surface area (Å²) in [6, 6.07) is 7.25. The van der Waals surface area contributed by atoms with Gasteiger partial charge in [0.15, 0.2) is 5.65 Å². The number of benzene rings is 1. The molecule has 1 aromatic carbocycles. The van der Waals surface area contributed by atoms with E-state index in [0.29, 0.717) is 46.2 Å². The topological polar surface area (TPSA) is 123 Å². The van der Waals surface area contributed by atoms with Crippen molar-refractivity contribution in [3.8, 4) is 11.3 Å². The average molecular weight is 521 g/mol. The van der Waals surface area contributed by atoms with Crippen LogP contribution in [0.3, 0.4) is 0 Å². The van der Waals surface area contributed by atoms with Crippen LogP contribution in [-0.4, -0.2) is 49.9 Å². The van der Waals surface area contributed by atoms with Gasteiger partial charge in [0.05, 0.1) is 23.0 Å². The van der Waals surface area contributed by atoms with Crippen molar-refractivity contribution in [1.29, 1.82) is 0 Å². The number of nitrogens with one attached hydrogen (secondary N) is 1. The number of aryl methyl sites for hydroxylation is 1. The lowest BCUT2D eigenvalue weighted by Gasteiger charge is -2.26. The van der Waals surface area contributed by atoms with Gasteiger partial charge in [-0.15, -0.1) is 0 Å². The maximum absolute atomic E-state index is 13.0. The molecule has 1 saturated heterocycles. The van der Waals surface area contributed by atoms with Gasteiger partial charge in [-0.25, -0.2) is 9.97 Å². The maximum atomic E-state index is 13.0. The van der Waals surface area contributed by atoms with Crippen LogP contribution >= 0.6 is 0 Å². The Labute approximate surface area is 214 Å². The van der Waals surface area contributed by atoms with E-state index >= 15 is 0 Å². The molecule has 2 fully saturated rings. The molecule has 3 atom stereocenters. The Hall–Kier alpha value is -4.06. The first-order valence-corrected chi connectivity index (χ1v) is 12.4. The summed E-state index contributed by atoms with van der Waals surface area (Å²) in [5.41, 5.74) is 8.83. The molecule has 0 bridgehead atoms. The summed E-state index contributed by atoms with van der Waals surface area (Å²) >= 11 is 0. The van der Waals surface area contributed by atoms with Crippen molar-refractivity contribution >= 4 is 27.9 Å². The molecule has 0 amide bonds. The number of nitrogens with zero attached hydrogens (tertiary/aromatic N) is 6. The molecule has 1 saturated carbocycles. The highest BCUT2D eigenvalue weighted by Crippen LogP contribution is 2.62. The van der Waals surface area contributed by atoms with Crippen molar-refractivity contribution in [3.63, 3.8) is 0 Å². The summed E-state index contributed by atoms with van der Waals surface area (Å²) in [7, 11) is 0. The smallest absolute Gasteiger partial charge is 0.361 e. The number of piperidine rings is 1. The molecule has 5 heterocycles. The zero-order chi connectivity index (χ0) is 26.2. The number of hydrogen-bond acceptors (Lipinski definition) is 8. The van der Waals surface area contributed by atoms with Gasteiger partial charge in [0.1, 0.15) is 22.8 Å². The standard InChI is InChI=1S/C26H23F3N8O/c1-13-6-20(36-38-13)25(12-30)17-4-5-37(11-18(17)25)21-10-32-23-22(34-35-24(23)33-21)15-7-14-2-3-16(26(27,28)29)8-19(14)31-9-15/h2-3,6-10,17-18H,4-5,11-12,30H2,1H3,(H,33,34,35)/t17-,18+,25+/m1/s1. The second kappa shape index (κ2) is 7.97. The molecule has 0 spiro atoms. The summed E-state index contributed by atoms with van der Waals surface area (Å²) < 4.78 is 44.5. The molecule has 1 aliphatic carbocycles. The third-order valence-electron chi connectivity index (χ3n) is 8.14. The molecule has 0 unspecified atom stereocenters. The molecule has 1 aliphatic heterocycles. The van der Waals surface area contributed by atoms with Crippen molar-refractivity contribution in [2.75, 3.05) is 24.5 Å². The van der Waals surface area contributed by atoms with E-state index in [2.05, 4.69) is 30.2 Å². The van der Waals surface area contributed by atoms with E-state index in [-0.39, 0.29) is 10.9 Å². The van der Waals surface area contributed by atoms with E-state index in [9.17, 15) is 13.2 Å². The van der Waals surface area contributed by atoms with Gasteiger partial charge in [-0.1, -0.05) is 11.2 Å². The number of anilines is 1. The fraction of sp³-hybridized carbons (Fsp3) is 0.346. The van der Waals surface area contributed by atoms with Crippen LogP contribution in [0.25, 0.3) is 33.3 Å². The van der Waals surface area contributed by atoms with Gasteiger partial charge < -0.3 is 15.2 Å². The molecule has 0 radical (unpaired) electrons. The van der Waals surface area contributed by atoms with Crippen molar-refractivity contribution in [2.24, 2.45) is 17.6 Å². The minimum Gasteiger partial charge on any atom is -0.361 e. The number of nitrogens with two attached hydrogens (primary N) is 1.